The molecule has 1 aromatic carbocycles. The van der Waals surface area contributed by atoms with E-state index in [0.717, 1.165) is 17.2 Å². The van der Waals surface area contributed by atoms with E-state index < -0.39 is 0 Å². The molecule has 1 aliphatic rings. The third-order valence-corrected chi connectivity index (χ3v) is 4.56. The first-order valence-corrected chi connectivity index (χ1v) is 7.95. The Labute approximate surface area is 129 Å². The van der Waals surface area contributed by atoms with Crippen molar-refractivity contribution in [3.8, 4) is 0 Å². The van der Waals surface area contributed by atoms with Crippen molar-refractivity contribution < 1.29 is 4.79 Å². The van der Waals surface area contributed by atoms with Crippen molar-refractivity contribution in [1.82, 2.24) is 14.8 Å². The summed E-state index contributed by atoms with van der Waals surface area (Å²) < 4.78 is 0. The average Bonchev–Trinajstić information content (AvgIpc) is 2.88. The molecule has 3 rings (SSSR count). The highest BCUT2D eigenvalue weighted by molar-refractivity contribution is 7.09. The zero-order valence-electron chi connectivity index (χ0n) is 12.3. The van der Waals surface area contributed by atoms with Gasteiger partial charge >= 0.3 is 0 Å². The Morgan fingerprint density at radius 1 is 1.38 bits per heavy atom. The van der Waals surface area contributed by atoms with Gasteiger partial charge in [-0.3, -0.25) is 9.69 Å². The van der Waals surface area contributed by atoms with Gasteiger partial charge in [0.15, 0.2) is 0 Å². The Balaban J connectivity index is 1.62. The first-order valence-electron chi connectivity index (χ1n) is 7.07. The number of nitrogens with zero attached hydrogens (tertiary/aromatic N) is 3. The number of likely N-dealkylation sites (tertiary alicyclic amines) is 1. The number of thiazole rings is 1. The molecule has 1 aromatic heterocycles. The van der Waals surface area contributed by atoms with Crippen molar-refractivity contribution in [1.29, 1.82) is 0 Å². The standard InChI is InChI=1S/C16H19N3OS/c1-12-17-14(10-21-12)9-18(2)11-19-15(8-16(19)20)13-6-4-3-5-7-13/h3-7,10,15H,8-9,11H2,1-2H3. The van der Waals surface area contributed by atoms with Gasteiger partial charge in [-0.15, -0.1) is 11.3 Å². The van der Waals surface area contributed by atoms with E-state index in [-0.39, 0.29) is 11.9 Å². The molecule has 110 valence electrons. The summed E-state index contributed by atoms with van der Waals surface area (Å²) in [6.45, 7) is 3.43. The minimum atomic E-state index is 0.221. The third kappa shape index (κ3) is 3.14. The molecule has 1 unspecified atom stereocenters. The van der Waals surface area contributed by atoms with Gasteiger partial charge in [-0.05, 0) is 19.5 Å². The Hall–Kier alpha value is -1.72. The molecule has 5 heteroatoms. The molecule has 21 heavy (non-hydrogen) atoms. The van der Waals surface area contributed by atoms with Crippen LogP contribution in [0.2, 0.25) is 0 Å². The molecule has 1 amide bonds. The van der Waals surface area contributed by atoms with Gasteiger partial charge in [0, 0.05) is 11.9 Å². The fraction of sp³-hybridized carbons (Fsp3) is 0.375. The van der Waals surface area contributed by atoms with Crippen molar-refractivity contribution in [3.63, 3.8) is 0 Å². The van der Waals surface area contributed by atoms with E-state index in [1.165, 1.54) is 5.56 Å². The summed E-state index contributed by atoms with van der Waals surface area (Å²) in [5, 5.41) is 3.17. The Morgan fingerprint density at radius 2 is 2.14 bits per heavy atom. The molecule has 1 aliphatic heterocycles. The van der Waals surface area contributed by atoms with Crippen LogP contribution in [0, 0.1) is 6.92 Å². The van der Waals surface area contributed by atoms with Crippen LogP contribution < -0.4 is 0 Å². The van der Waals surface area contributed by atoms with Crippen molar-refractivity contribution in [3.05, 3.63) is 52.0 Å². The quantitative estimate of drug-likeness (QED) is 0.797. The summed E-state index contributed by atoms with van der Waals surface area (Å²) in [6.07, 6.45) is 0.619. The van der Waals surface area contributed by atoms with E-state index in [2.05, 4.69) is 27.4 Å². The highest BCUT2D eigenvalue weighted by Gasteiger charge is 2.37. The largest absolute Gasteiger partial charge is 0.322 e. The van der Waals surface area contributed by atoms with Gasteiger partial charge in [0.25, 0.3) is 0 Å². The predicted molar refractivity (Wildman–Crippen MR) is 83.8 cm³/mol. The van der Waals surface area contributed by atoms with Gasteiger partial charge in [0.1, 0.15) is 0 Å². The van der Waals surface area contributed by atoms with Crippen LogP contribution in [0.25, 0.3) is 0 Å². The van der Waals surface area contributed by atoms with Crippen LogP contribution in [0.5, 0.6) is 0 Å². The number of hydrogen-bond acceptors (Lipinski definition) is 4. The van der Waals surface area contributed by atoms with Crippen LogP contribution in [0.3, 0.4) is 0 Å². The predicted octanol–water partition coefficient (Wildman–Crippen LogP) is 2.81. The lowest BCUT2D eigenvalue weighted by atomic mass is 9.94. The molecule has 2 heterocycles. The van der Waals surface area contributed by atoms with Crippen molar-refractivity contribution in [2.75, 3.05) is 13.7 Å². The van der Waals surface area contributed by atoms with E-state index in [4.69, 9.17) is 0 Å². The molecule has 0 N–H and O–H groups in total. The van der Waals surface area contributed by atoms with Gasteiger partial charge in [-0.2, -0.15) is 0 Å². The summed E-state index contributed by atoms with van der Waals surface area (Å²) in [4.78, 5) is 20.4. The Morgan fingerprint density at radius 3 is 2.76 bits per heavy atom. The van der Waals surface area contributed by atoms with Crippen LogP contribution in [-0.4, -0.2) is 34.4 Å². The number of rotatable bonds is 5. The number of amides is 1. The second kappa shape index (κ2) is 5.95. The molecule has 1 fully saturated rings. The molecular weight excluding hydrogens is 282 g/mol. The fourth-order valence-electron chi connectivity index (χ4n) is 2.67. The number of carbonyl (C=O) groups excluding carboxylic acids is 1. The number of hydrogen-bond donors (Lipinski definition) is 0. The third-order valence-electron chi connectivity index (χ3n) is 3.74. The molecule has 0 aliphatic carbocycles. The number of carbonyl (C=O) groups is 1. The van der Waals surface area contributed by atoms with E-state index in [1.54, 1.807) is 11.3 Å². The Kier molecular flexibility index (Phi) is 4.03. The molecule has 0 bridgehead atoms. The van der Waals surface area contributed by atoms with Gasteiger partial charge in [-0.25, -0.2) is 4.98 Å². The number of aromatic nitrogens is 1. The molecule has 2 aromatic rings. The van der Waals surface area contributed by atoms with Crippen molar-refractivity contribution in [2.45, 2.75) is 25.9 Å². The summed E-state index contributed by atoms with van der Waals surface area (Å²) in [6, 6.07) is 10.5. The lowest BCUT2D eigenvalue weighted by Crippen LogP contribution is -2.50. The molecular formula is C16H19N3OS. The van der Waals surface area contributed by atoms with Gasteiger partial charge in [-0.1, -0.05) is 30.3 Å². The normalized spacial score (nSPS) is 18.1. The van der Waals surface area contributed by atoms with Crippen LogP contribution in [0.15, 0.2) is 35.7 Å². The molecule has 0 saturated carbocycles. The van der Waals surface area contributed by atoms with E-state index in [9.17, 15) is 4.79 Å². The SMILES string of the molecule is Cc1nc(CN(C)CN2C(=O)CC2c2ccccc2)cs1. The number of β-lactam (4-membered cyclic amide) rings is 1. The summed E-state index contributed by atoms with van der Waals surface area (Å²) in [5.74, 6) is 0.227. The summed E-state index contributed by atoms with van der Waals surface area (Å²) in [5.41, 5.74) is 2.29. The second-order valence-electron chi connectivity index (χ2n) is 5.51. The minimum Gasteiger partial charge on any atom is -0.322 e. The van der Waals surface area contributed by atoms with E-state index in [1.807, 2.05) is 37.1 Å². The molecule has 1 saturated heterocycles. The lowest BCUT2D eigenvalue weighted by Gasteiger charge is -2.42. The lowest BCUT2D eigenvalue weighted by molar-refractivity contribution is -0.149. The minimum absolute atomic E-state index is 0.221. The highest BCUT2D eigenvalue weighted by Crippen LogP contribution is 2.34. The monoisotopic (exact) mass is 301 g/mol. The summed E-state index contributed by atoms with van der Waals surface area (Å²) >= 11 is 1.66. The number of aryl methyl sites for hydroxylation is 1. The Bertz CT molecular complexity index is 625. The van der Waals surface area contributed by atoms with Gasteiger partial charge in [0.05, 0.1) is 29.8 Å². The molecule has 0 radical (unpaired) electrons. The van der Waals surface area contributed by atoms with Crippen LogP contribution >= 0.6 is 11.3 Å². The number of benzene rings is 1. The first-order chi connectivity index (χ1) is 10.1. The maximum absolute atomic E-state index is 11.9. The van der Waals surface area contributed by atoms with Gasteiger partial charge in [0.2, 0.25) is 5.91 Å². The molecule has 0 spiro atoms. The molecule has 4 nitrogen and oxygen atoms in total. The maximum Gasteiger partial charge on any atom is 0.226 e. The van der Waals surface area contributed by atoms with E-state index in [0.29, 0.717) is 13.1 Å². The van der Waals surface area contributed by atoms with Gasteiger partial charge < -0.3 is 4.90 Å². The van der Waals surface area contributed by atoms with Crippen molar-refractivity contribution >= 4 is 17.2 Å². The zero-order valence-corrected chi connectivity index (χ0v) is 13.1. The van der Waals surface area contributed by atoms with Crippen LogP contribution in [0.1, 0.15) is 28.7 Å². The maximum atomic E-state index is 11.9. The zero-order chi connectivity index (χ0) is 14.8. The first kappa shape index (κ1) is 14.2. The van der Waals surface area contributed by atoms with Crippen LogP contribution in [0.4, 0.5) is 0 Å². The van der Waals surface area contributed by atoms with Crippen molar-refractivity contribution in [2.24, 2.45) is 0 Å². The van der Waals surface area contributed by atoms with Crippen LogP contribution in [-0.2, 0) is 11.3 Å². The average molecular weight is 301 g/mol. The topological polar surface area (TPSA) is 36.4 Å². The summed E-state index contributed by atoms with van der Waals surface area (Å²) in [7, 11) is 2.03. The van der Waals surface area contributed by atoms with E-state index >= 15 is 0 Å². The fourth-order valence-corrected chi connectivity index (χ4v) is 3.28. The smallest absolute Gasteiger partial charge is 0.226 e. The highest BCUT2D eigenvalue weighted by atomic mass is 32.1. The molecule has 1 atom stereocenters. The second-order valence-corrected chi connectivity index (χ2v) is 6.57.